The number of carboxylic acids is 1. The van der Waals surface area contributed by atoms with Crippen molar-refractivity contribution in [2.45, 2.75) is 6.92 Å². The Kier molecular flexibility index (Phi) is 3.22. The molecule has 0 aliphatic carbocycles. The number of nitrogens with one attached hydrogen (secondary N) is 1. The van der Waals surface area contributed by atoms with Crippen molar-refractivity contribution in [3.63, 3.8) is 0 Å². The highest BCUT2D eigenvalue weighted by Crippen LogP contribution is 2.26. The second-order valence-electron chi connectivity index (χ2n) is 5.18. The topological polar surface area (TPSA) is 131 Å². The Hall–Kier alpha value is -3.49. The zero-order valence-electron chi connectivity index (χ0n) is 12.2. The normalized spacial score (nSPS) is 12.9. The number of pyridine rings is 1. The average molecular weight is 331 g/mol. The van der Waals surface area contributed by atoms with Crippen molar-refractivity contribution in [3.05, 3.63) is 56.6 Å². The summed E-state index contributed by atoms with van der Waals surface area (Å²) in [5.41, 5.74) is 4.13. The molecule has 0 saturated carbocycles. The van der Waals surface area contributed by atoms with Crippen LogP contribution in [0.1, 0.15) is 36.6 Å². The number of carboxylic acid groups (broad SMARTS) is 1. The summed E-state index contributed by atoms with van der Waals surface area (Å²) in [7, 11) is 0. The highest BCUT2D eigenvalue weighted by atomic mass is 19.1. The fourth-order valence-electron chi connectivity index (χ4n) is 2.55. The van der Waals surface area contributed by atoms with Crippen LogP contribution >= 0.6 is 0 Å². The second-order valence-corrected chi connectivity index (χ2v) is 5.18. The number of carbonyl (C=O) groups excluding carboxylic acids is 2. The highest BCUT2D eigenvalue weighted by molar-refractivity contribution is 6.23. The SMILES string of the molecule is Cc1c(F)cc(C(=O)O)cc1-n1c(N)c2c(cc1=O)C(=O)NC2=O. The van der Waals surface area contributed by atoms with Crippen LogP contribution in [0, 0.1) is 12.7 Å². The van der Waals surface area contributed by atoms with Crippen molar-refractivity contribution in [2.24, 2.45) is 0 Å². The number of aromatic nitrogens is 1. The number of halogens is 1. The first-order valence-electron chi connectivity index (χ1n) is 6.67. The van der Waals surface area contributed by atoms with Crippen molar-refractivity contribution >= 4 is 23.6 Å². The van der Waals surface area contributed by atoms with Gasteiger partial charge in [0.2, 0.25) is 0 Å². The van der Waals surface area contributed by atoms with Gasteiger partial charge < -0.3 is 10.8 Å². The van der Waals surface area contributed by atoms with Crippen molar-refractivity contribution in [1.29, 1.82) is 0 Å². The predicted octanol–water partition coefficient (Wildman–Crippen LogP) is 0.449. The van der Waals surface area contributed by atoms with Gasteiger partial charge in [0.25, 0.3) is 17.4 Å². The van der Waals surface area contributed by atoms with Gasteiger partial charge in [-0.3, -0.25) is 24.3 Å². The summed E-state index contributed by atoms with van der Waals surface area (Å²) in [5, 5.41) is 11.1. The van der Waals surface area contributed by atoms with Crippen LogP contribution in [-0.2, 0) is 0 Å². The lowest BCUT2D eigenvalue weighted by Gasteiger charge is -2.15. The molecule has 0 unspecified atom stereocenters. The molecule has 4 N–H and O–H groups in total. The maximum absolute atomic E-state index is 14.0. The van der Waals surface area contributed by atoms with E-state index in [9.17, 15) is 23.6 Å². The van der Waals surface area contributed by atoms with E-state index in [0.717, 1.165) is 22.8 Å². The zero-order chi connectivity index (χ0) is 17.8. The lowest BCUT2D eigenvalue weighted by molar-refractivity contribution is 0.0695. The van der Waals surface area contributed by atoms with E-state index in [1.165, 1.54) is 6.92 Å². The maximum atomic E-state index is 14.0. The quantitative estimate of drug-likeness (QED) is 0.685. The van der Waals surface area contributed by atoms with Gasteiger partial charge in [0, 0.05) is 11.6 Å². The molecule has 8 nitrogen and oxygen atoms in total. The fourth-order valence-corrected chi connectivity index (χ4v) is 2.55. The van der Waals surface area contributed by atoms with Gasteiger partial charge in [0.05, 0.1) is 22.4 Å². The van der Waals surface area contributed by atoms with Gasteiger partial charge >= 0.3 is 5.97 Å². The number of nitrogen functional groups attached to an aromatic ring is 1. The molecule has 2 heterocycles. The minimum absolute atomic E-state index is 0.0292. The van der Waals surface area contributed by atoms with Gasteiger partial charge in [-0.1, -0.05) is 0 Å². The van der Waals surface area contributed by atoms with E-state index in [4.69, 9.17) is 10.8 Å². The Bertz CT molecular complexity index is 1010. The third-order valence-electron chi connectivity index (χ3n) is 3.76. The van der Waals surface area contributed by atoms with Gasteiger partial charge in [-0.05, 0) is 19.1 Å². The van der Waals surface area contributed by atoms with Crippen LogP contribution < -0.4 is 16.6 Å². The molecule has 0 spiro atoms. The number of benzene rings is 1. The molecule has 2 amide bonds. The molecule has 3 rings (SSSR count). The van der Waals surface area contributed by atoms with E-state index >= 15 is 0 Å². The van der Waals surface area contributed by atoms with E-state index in [1.54, 1.807) is 0 Å². The number of nitrogens with zero attached hydrogens (tertiary/aromatic N) is 1. The summed E-state index contributed by atoms with van der Waals surface area (Å²) in [6.07, 6.45) is 0. The molecule has 122 valence electrons. The molecule has 9 heteroatoms. The molecule has 24 heavy (non-hydrogen) atoms. The first kappa shape index (κ1) is 15.4. The lowest BCUT2D eigenvalue weighted by atomic mass is 10.1. The highest BCUT2D eigenvalue weighted by Gasteiger charge is 2.32. The molecule has 0 bridgehead atoms. The van der Waals surface area contributed by atoms with E-state index in [-0.39, 0.29) is 33.8 Å². The Balaban J connectivity index is 2.39. The lowest BCUT2D eigenvalue weighted by Crippen LogP contribution is -2.25. The van der Waals surface area contributed by atoms with E-state index in [2.05, 4.69) is 0 Å². The first-order valence-corrected chi connectivity index (χ1v) is 6.67. The molecule has 1 aromatic heterocycles. The molecule has 1 aliphatic heterocycles. The molecule has 0 saturated heterocycles. The van der Waals surface area contributed by atoms with Crippen molar-refractivity contribution in [3.8, 4) is 5.69 Å². The first-order chi connectivity index (χ1) is 11.2. The van der Waals surface area contributed by atoms with Gasteiger partial charge in [-0.25, -0.2) is 9.18 Å². The molecule has 2 aromatic rings. The van der Waals surface area contributed by atoms with Gasteiger partial charge in [0.1, 0.15) is 11.6 Å². The maximum Gasteiger partial charge on any atom is 0.335 e. The smallest absolute Gasteiger partial charge is 0.335 e. The summed E-state index contributed by atoms with van der Waals surface area (Å²) in [6.45, 7) is 1.33. The number of rotatable bonds is 2. The van der Waals surface area contributed by atoms with E-state index in [1.807, 2.05) is 5.32 Å². The zero-order valence-corrected chi connectivity index (χ0v) is 12.2. The number of amides is 2. The average Bonchev–Trinajstić information content (AvgIpc) is 2.77. The van der Waals surface area contributed by atoms with Crippen molar-refractivity contribution in [1.82, 2.24) is 9.88 Å². The van der Waals surface area contributed by atoms with Crippen molar-refractivity contribution < 1.29 is 23.9 Å². The van der Waals surface area contributed by atoms with Crippen LogP contribution in [0.15, 0.2) is 23.0 Å². The Morgan fingerprint density at radius 3 is 2.50 bits per heavy atom. The predicted molar refractivity (Wildman–Crippen MR) is 79.9 cm³/mol. The minimum atomic E-state index is -1.39. The number of carbonyl (C=O) groups is 3. The third-order valence-corrected chi connectivity index (χ3v) is 3.76. The molecule has 0 fully saturated rings. The summed E-state index contributed by atoms with van der Waals surface area (Å²) in [6, 6.07) is 2.78. The molecule has 1 aromatic carbocycles. The number of nitrogens with two attached hydrogens (primary N) is 1. The number of hydrogen-bond donors (Lipinski definition) is 3. The summed E-state index contributed by atoms with van der Waals surface area (Å²) in [5.74, 6) is -4.15. The Morgan fingerprint density at radius 1 is 1.21 bits per heavy atom. The number of imide groups is 1. The van der Waals surface area contributed by atoms with Crippen LogP contribution in [0.4, 0.5) is 10.2 Å². The van der Waals surface area contributed by atoms with Gasteiger partial charge in [-0.15, -0.1) is 0 Å². The fraction of sp³-hybridized carbons (Fsp3) is 0.0667. The summed E-state index contributed by atoms with van der Waals surface area (Å²) in [4.78, 5) is 46.9. The number of fused-ring (bicyclic) bond motifs is 1. The summed E-state index contributed by atoms with van der Waals surface area (Å²) >= 11 is 0. The van der Waals surface area contributed by atoms with Crippen LogP contribution in [0.2, 0.25) is 0 Å². The summed E-state index contributed by atoms with van der Waals surface area (Å²) < 4.78 is 14.8. The number of hydrogen-bond acceptors (Lipinski definition) is 5. The van der Waals surface area contributed by atoms with Crippen LogP contribution in [0.25, 0.3) is 5.69 Å². The molecule has 0 atom stereocenters. The van der Waals surface area contributed by atoms with Crippen LogP contribution in [-0.4, -0.2) is 27.5 Å². The van der Waals surface area contributed by atoms with Crippen LogP contribution in [0.3, 0.4) is 0 Å². The standard InChI is InChI=1S/C15H10FN3O5/c1-5-8(16)2-6(15(23)24)3-9(5)19-10(20)4-7-11(12(19)17)14(22)18-13(7)21/h2-4H,17H2,1H3,(H,23,24)(H,18,21,22). The molecular weight excluding hydrogens is 321 g/mol. The van der Waals surface area contributed by atoms with Gasteiger partial charge in [0.15, 0.2) is 0 Å². The number of anilines is 1. The van der Waals surface area contributed by atoms with Crippen molar-refractivity contribution in [2.75, 3.05) is 5.73 Å². The molecule has 0 radical (unpaired) electrons. The van der Waals surface area contributed by atoms with Gasteiger partial charge in [-0.2, -0.15) is 0 Å². The second kappa shape index (κ2) is 5.01. The molecule has 1 aliphatic rings. The Morgan fingerprint density at radius 2 is 1.88 bits per heavy atom. The van der Waals surface area contributed by atoms with E-state index < -0.39 is 29.2 Å². The minimum Gasteiger partial charge on any atom is -0.478 e. The molecular formula is C15H10FN3O5. The largest absolute Gasteiger partial charge is 0.478 e. The van der Waals surface area contributed by atoms with E-state index in [0.29, 0.717) is 0 Å². The van der Waals surface area contributed by atoms with Crippen LogP contribution in [0.5, 0.6) is 0 Å². The Labute approximate surface area is 133 Å². The monoisotopic (exact) mass is 331 g/mol. The third kappa shape index (κ3) is 2.06. The number of aromatic carboxylic acids is 1.